The summed E-state index contributed by atoms with van der Waals surface area (Å²) in [5, 5.41) is 6.71. The highest BCUT2D eigenvalue weighted by Crippen LogP contribution is 2.40. The van der Waals surface area contributed by atoms with Crippen molar-refractivity contribution in [3.63, 3.8) is 0 Å². The van der Waals surface area contributed by atoms with E-state index in [0.717, 1.165) is 31.4 Å². The third kappa shape index (κ3) is 3.26. The van der Waals surface area contributed by atoms with Gasteiger partial charge in [-0.25, -0.2) is 0 Å². The molecule has 0 spiro atoms. The van der Waals surface area contributed by atoms with Crippen LogP contribution < -0.4 is 5.32 Å². The van der Waals surface area contributed by atoms with Gasteiger partial charge in [0.15, 0.2) is 5.69 Å². The first kappa shape index (κ1) is 12.9. The summed E-state index contributed by atoms with van der Waals surface area (Å²) in [4.78, 5) is 11.9. The predicted molar refractivity (Wildman–Crippen MR) is 75.6 cm³/mol. The molecule has 1 N–H and O–H groups in total. The fraction of sp³-hybridized carbons (Fsp3) is 0.375. The van der Waals surface area contributed by atoms with Crippen LogP contribution in [0.5, 0.6) is 0 Å². The Morgan fingerprint density at radius 1 is 1.30 bits per heavy atom. The Hall–Kier alpha value is -2.10. The Balaban J connectivity index is 1.42. The van der Waals surface area contributed by atoms with Crippen molar-refractivity contribution in [2.75, 3.05) is 6.54 Å². The molecule has 1 fully saturated rings. The summed E-state index contributed by atoms with van der Waals surface area (Å²) in [5.41, 5.74) is 1.69. The first-order chi connectivity index (χ1) is 9.83. The summed E-state index contributed by atoms with van der Waals surface area (Å²) in [7, 11) is 0. The first-order valence-electron chi connectivity index (χ1n) is 7.11. The van der Waals surface area contributed by atoms with E-state index in [9.17, 15) is 4.79 Å². The third-order valence-corrected chi connectivity index (χ3v) is 3.51. The highest BCUT2D eigenvalue weighted by Gasteiger charge is 2.28. The van der Waals surface area contributed by atoms with E-state index in [-0.39, 0.29) is 5.91 Å². The van der Waals surface area contributed by atoms with Crippen LogP contribution in [-0.2, 0) is 6.42 Å². The molecule has 1 saturated carbocycles. The fourth-order valence-electron chi connectivity index (χ4n) is 2.19. The van der Waals surface area contributed by atoms with E-state index in [1.54, 1.807) is 6.07 Å². The van der Waals surface area contributed by atoms with Crippen LogP contribution in [0.2, 0.25) is 0 Å². The van der Waals surface area contributed by atoms with Crippen LogP contribution in [-0.4, -0.2) is 17.6 Å². The van der Waals surface area contributed by atoms with E-state index in [0.29, 0.717) is 18.2 Å². The van der Waals surface area contributed by atoms with Gasteiger partial charge < -0.3 is 9.84 Å². The molecule has 0 saturated heterocycles. The molecule has 1 aliphatic rings. The lowest BCUT2D eigenvalue weighted by molar-refractivity contribution is 0.0944. The van der Waals surface area contributed by atoms with E-state index in [1.165, 1.54) is 5.56 Å². The van der Waals surface area contributed by atoms with E-state index >= 15 is 0 Å². The maximum Gasteiger partial charge on any atom is 0.273 e. The molecule has 0 atom stereocenters. The lowest BCUT2D eigenvalue weighted by Crippen LogP contribution is -2.25. The van der Waals surface area contributed by atoms with Gasteiger partial charge in [-0.05, 0) is 31.2 Å². The molecule has 3 rings (SSSR count). The standard InChI is InChI=1S/C16H18N2O2/c19-16(14-11-15(20-18-14)13-8-9-13)17-10-4-7-12-5-2-1-3-6-12/h1-3,5-6,11,13H,4,7-10H2,(H,17,19). The molecular weight excluding hydrogens is 252 g/mol. The largest absolute Gasteiger partial charge is 0.360 e. The fourth-order valence-corrected chi connectivity index (χ4v) is 2.19. The van der Waals surface area contributed by atoms with Crippen LogP contribution >= 0.6 is 0 Å². The summed E-state index contributed by atoms with van der Waals surface area (Å²) in [5.74, 6) is 1.19. The van der Waals surface area contributed by atoms with Crippen molar-refractivity contribution in [3.05, 3.63) is 53.4 Å². The van der Waals surface area contributed by atoms with Gasteiger partial charge in [-0.1, -0.05) is 35.5 Å². The highest BCUT2D eigenvalue weighted by molar-refractivity contribution is 5.92. The Bertz CT molecular complexity index is 573. The monoisotopic (exact) mass is 270 g/mol. The summed E-state index contributed by atoms with van der Waals surface area (Å²) in [6, 6.07) is 12.0. The zero-order valence-corrected chi connectivity index (χ0v) is 11.3. The minimum atomic E-state index is -0.145. The molecule has 0 bridgehead atoms. The van der Waals surface area contributed by atoms with Crippen LogP contribution in [0.15, 0.2) is 40.9 Å². The lowest BCUT2D eigenvalue weighted by atomic mass is 10.1. The molecule has 1 amide bonds. The van der Waals surface area contributed by atoms with Gasteiger partial charge in [0.05, 0.1) is 0 Å². The number of amides is 1. The molecule has 1 aromatic carbocycles. The summed E-state index contributed by atoms with van der Waals surface area (Å²) in [6.07, 6.45) is 4.18. The van der Waals surface area contributed by atoms with E-state index < -0.39 is 0 Å². The molecule has 20 heavy (non-hydrogen) atoms. The van der Waals surface area contributed by atoms with Crippen LogP contribution in [0.1, 0.15) is 47.0 Å². The van der Waals surface area contributed by atoms with Gasteiger partial charge in [-0.15, -0.1) is 0 Å². The number of carbonyl (C=O) groups excluding carboxylic acids is 1. The second kappa shape index (κ2) is 5.90. The molecule has 4 heteroatoms. The number of aromatic nitrogens is 1. The average Bonchev–Trinajstić information content (AvgIpc) is 3.22. The van der Waals surface area contributed by atoms with E-state index in [4.69, 9.17) is 4.52 Å². The van der Waals surface area contributed by atoms with Crippen molar-refractivity contribution in [2.45, 2.75) is 31.6 Å². The van der Waals surface area contributed by atoms with Crippen molar-refractivity contribution in [1.82, 2.24) is 10.5 Å². The Labute approximate surface area is 118 Å². The number of hydrogen-bond donors (Lipinski definition) is 1. The predicted octanol–water partition coefficient (Wildman–Crippen LogP) is 2.91. The molecule has 4 nitrogen and oxygen atoms in total. The minimum absolute atomic E-state index is 0.145. The average molecular weight is 270 g/mol. The Morgan fingerprint density at radius 2 is 2.10 bits per heavy atom. The number of carbonyl (C=O) groups is 1. The maximum atomic E-state index is 11.9. The summed E-state index contributed by atoms with van der Waals surface area (Å²) < 4.78 is 5.17. The molecule has 1 heterocycles. The molecule has 2 aromatic rings. The molecule has 0 unspecified atom stereocenters. The highest BCUT2D eigenvalue weighted by atomic mass is 16.5. The third-order valence-electron chi connectivity index (χ3n) is 3.51. The van der Waals surface area contributed by atoms with Gasteiger partial charge in [0, 0.05) is 18.5 Å². The summed E-state index contributed by atoms with van der Waals surface area (Å²) in [6.45, 7) is 0.652. The Kier molecular flexibility index (Phi) is 3.81. The molecule has 0 radical (unpaired) electrons. The molecular formula is C16H18N2O2. The maximum absolute atomic E-state index is 11.9. The first-order valence-corrected chi connectivity index (χ1v) is 7.11. The van der Waals surface area contributed by atoms with Crippen molar-refractivity contribution >= 4 is 5.91 Å². The second-order valence-electron chi connectivity index (χ2n) is 5.23. The van der Waals surface area contributed by atoms with E-state index in [1.807, 2.05) is 18.2 Å². The molecule has 1 aliphatic carbocycles. The van der Waals surface area contributed by atoms with Gasteiger partial charge in [0.1, 0.15) is 5.76 Å². The number of nitrogens with one attached hydrogen (secondary N) is 1. The Morgan fingerprint density at radius 3 is 2.85 bits per heavy atom. The number of aryl methyl sites for hydroxylation is 1. The van der Waals surface area contributed by atoms with Crippen molar-refractivity contribution in [3.8, 4) is 0 Å². The number of benzene rings is 1. The van der Waals surface area contributed by atoms with Gasteiger partial charge >= 0.3 is 0 Å². The zero-order valence-electron chi connectivity index (χ0n) is 11.3. The van der Waals surface area contributed by atoms with Gasteiger partial charge in [0.25, 0.3) is 5.91 Å². The van der Waals surface area contributed by atoms with Crippen molar-refractivity contribution < 1.29 is 9.32 Å². The van der Waals surface area contributed by atoms with Gasteiger partial charge in [-0.3, -0.25) is 4.79 Å². The van der Waals surface area contributed by atoms with Crippen LogP contribution in [0.3, 0.4) is 0 Å². The smallest absolute Gasteiger partial charge is 0.273 e. The van der Waals surface area contributed by atoms with Crippen LogP contribution in [0.25, 0.3) is 0 Å². The topological polar surface area (TPSA) is 55.1 Å². The number of hydrogen-bond acceptors (Lipinski definition) is 3. The quantitative estimate of drug-likeness (QED) is 0.821. The van der Waals surface area contributed by atoms with Crippen LogP contribution in [0, 0.1) is 0 Å². The van der Waals surface area contributed by atoms with Crippen molar-refractivity contribution in [2.24, 2.45) is 0 Å². The molecule has 0 aliphatic heterocycles. The second-order valence-corrected chi connectivity index (χ2v) is 5.23. The SMILES string of the molecule is O=C(NCCCc1ccccc1)c1cc(C2CC2)on1. The van der Waals surface area contributed by atoms with Gasteiger partial charge in [0.2, 0.25) is 0 Å². The van der Waals surface area contributed by atoms with E-state index in [2.05, 4.69) is 22.6 Å². The minimum Gasteiger partial charge on any atom is -0.360 e. The number of rotatable bonds is 6. The lowest BCUT2D eigenvalue weighted by Gasteiger charge is -2.03. The summed E-state index contributed by atoms with van der Waals surface area (Å²) >= 11 is 0. The zero-order chi connectivity index (χ0) is 13.8. The van der Waals surface area contributed by atoms with Crippen LogP contribution in [0.4, 0.5) is 0 Å². The molecule has 104 valence electrons. The number of nitrogens with zero attached hydrogens (tertiary/aromatic N) is 1. The molecule has 1 aromatic heterocycles. The van der Waals surface area contributed by atoms with Gasteiger partial charge in [-0.2, -0.15) is 0 Å². The normalized spacial score (nSPS) is 14.2. The van der Waals surface area contributed by atoms with Crippen molar-refractivity contribution in [1.29, 1.82) is 0 Å².